The van der Waals surface area contributed by atoms with E-state index in [2.05, 4.69) is 18.9 Å². The second-order valence-corrected chi connectivity index (χ2v) is 1.45. The van der Waals surface area contributed by atoms with Gasteiger partial charge >= 0.3 is 0 Å². The molecule has 38 valence electrons. The SMILES string of the molecule is C=C=C(C)CC=C. The molecule has 0 fully saturated rings. The van der Waals surface area contributed by atoms with Crippen LogP contribution < -0.4 is 0 Å². The topological polar surface area (TPSA) is 0 Å². The molecular formula is C7H10. The Hall–Kier alpha value is -0.740. The van der Waals surface area contributed by atoms with Gasteiger partial charge in [-0.3, -0.25) is 0 Å². The third-order valence-electron chi connectivity index (χ3n) is 0.752. The molecule has 0 bridgehead atoms. The third-order valence-corrected chi connectivity index (χ3v) is 0.752. The van der Waals surface area contributed by atoms with Crippen LogP contribution >= 0.6 is 0 Å². The molecule has 0 unspecified atom stereocenters. The number of hydrogen-bond acceptors (Lipinski definition) is 0. The third kappa shape index (κ3) is 3.08. The zero-order valence-corrected chi connectivity index (χ0v) is 4.70. The Balaban J connectivity index is 3.58. The molecule has 0 heteroatoms. The van der Waals surface area contributed by atoms with Crippen molar-refractivity contribution in [3.05, 3.63) is 30.5 Å². The first kappa shape index (κ1) is 6.26. The molecule has 0 saturated carbocycles. The van der Waals surface area contributed by atoms with E-state index in [1.807, 2.05) is 13.0 Å². The molecule has 0 nitrogen and oxygen atoms in total. The van der Waals surface area contributed by atoms with Crippen molar-refractivity contribution in [3.8, 4) is 0 Å². The van der Waals surface area contributed by atoms with Gasteiger partial charge in [0.05, 0.1) is 0 Å². The monoisotopic (exact) mass is 94.1 g/mol. The minimum absolute atomic E-state index is 0.906. The fourth-order valence-electron chi connectivity index (χ4n) is 0.289. The molecular weight excluding hydrogens is 84.1 g/mol. The highest BCUT2D eigenvalue weighted by Crippen LogP contribution is 1.94. The summed E-state index contributed by atoms with van der Waals surface area (Å²) in [6.45, 7) is 9.01. The van der Waals surface area contributed by atoms with Crippen LogP contribution in [0, 0.1) is 0 Å². The first-order valence-corrected chi connectivity index (χ1v) is 2.27. The molecule has 0 aliphatic carbocycles. The minimum atomic E-state index is 0.906. The van der Waals surface area contributed by atoms with Gasteiger partial charge in [0.1, 0.15) is 0 Å². The van der Waals surface area contributed by atoms with E-state index in [0.717, 1.165) is 12.0 Å². The van der Waals surface area contributed by atoms with E-state index in [1.165, 1.54) is 0 Å². The Morgan fingerprint density at radius 1 is 1.86 bits per heavy atom. The van der Waals surface area contributed by atoms with Gasteiger partial charge in [-0.05, 0) is 18.9 Å². The van der Waals surface area contributed by atoms with Crippen molar-refractivity contribution in [2.75, 3.05) is 0 Å². The largest absolute Gasteiger partial charge is 0.130 e. The summed E-state index contributed by atoms with van der Waals surface area (Å²) in [4.78, 5) is 0. The summed E-state index contributed by atoms with van der Waals surface area (Å²) in [5.74, 6) is 0. The van der Waals surface area contributed by atoms with Crippen molar-refractivity contribution in [1.29, 1.82) is 0 Å². The number of rotatable bonds is 2. The van der Waals surface area contributed by atoms with Gasteiger partial charge in [0.15, 0.2) is 0 Å². The zero-order chi connectivity index (χ0) is 5.70. The molecule has 0 spiro atoms. The lowest BCUT2D eigenvalue weighted by atomic mass is 10.2. The van der Waals surface area contributed by atoms with Crippen molar-refractivity contribution >= 4 is 0 Å². The van der Waals surface area contributed by atoms with Gasteiger partial charge in [0, 0.05) is 0 Å². The van der Waals surface area contributed by atoms with Gasteiger partial charge < -0.3 is 0 Å². The fraction of sp³-hybridized carbons (Fsp3) is 0.286. The van der Waals surface area contributed by atoms with Crippen LogP contribution in [0.4, 0.5) is 0 Å². The van der Waals surface area contributed by atoms with E-state index in [1.54, 1.807) is 0 Å². The molecule has 0 amide bonds. The van der Waals surface area contributed by atoms with E-state index in [0.29, 0.717) is 0 Å². The first-order valence-electron chi connectivity index (χ1n) is 2.27. The van der Waals surface area contributed by atoms with Gasteiger partial charge in [-0.1, -0.05) is 12.7 Å². The zero-order valence-electron chi connectivity index (χ0n) is 4.70. The smallest absolute Gasteiger partial charge is 0.00682 e. The summed E-state index contributed by atoms with van der Waals surface area (Å²) < 4.78 is 0. The first-order chi connectivity index (χ1) is 3.31. The standard InChI is InChI=1S/C7H10/c1-4-6-7(3)5-2/h4H,1-2,6H2,3H3. The maximum Gasteiger partial charge on any atom is -0.00682 e. The molecule has 0 atom stereocenters. The summed E-state index contributed by atoms with van der Waals surface area (Å²) in [6, 6.07) is 0. The van der Waals surface area contributed by atoms with Gasteiger partial charge in [0.2, 0.25) is 0 Å². The molecule has 0 aromatic carbocycles. The van der Waals surface area contributed by atoms with Gasteiger partial charge in [-0.15, -0.1) is 12.3 Å². The maximum atomic E-state index is 3.56. The van der Waals surface area contributed by atoms with Crippen molar-refractivity contribution in [3.63, 3.8) is 0 Å². The second kappa shape index (κ2) is 3.45. The number of allylic oxidation sites excluding steroid dienone is 2. The predicted octanol–water partition coefficient (Wildman–Crippen LogP) is 2.29. The average Bonchev–Trinajstić information content (AvgIpc) is 1.68. The van der Waals surface area contributed by atoms with Crippen molar-refractivity contribution < 1.29 is 0 Å². The quantitative estimate of drug-likeness (QED) is 0.364. The Bertz CT molecular complexity index is 103. The van der Waals surface area contributed by atoms with Crippen molar-refractivity contribution in [2.24, 2.45) is 0 Å². The molecule has 0 saturated heterocycles. The molecule has 0 heterocycles. The van der Waals surface area contributed by atoms with Crippen LogP contribution in [0.1, 0.15) is 13.3 Å². The lowest BCUT2D eigenvalue weighted by molar-refractivity contribution is 1.23. The number of hydrogen-bond donors (Lipinski definition) is 0. The van der Waals surface area contributed by atoms with Crippen molar-refractivity contribution in [1.82, 2.24) is 0 Å². The average molecular weight is 94.2 g/mol. The van der Waals surface area contributed by atoms with Crippen LogP contribution in [0.15, 0.2) is 30.5 Å². The van der Waals surface area contributed by atoms with Crippen LogP contribution in [0.2, 0.25) is 0 Å². The molecule has 0 aromatic rings. The van der Waals surface area contributed by atoms with E-state index in [4.69, 9.17) is 0 Å². The van der Waals surface area contributed by atoms with Crippen LogP contribution in [0.25, 0.3) is 0 Å². The lowest BCUT2D eigenvalue weighted by Crippen LogP contribution is -1.63. The van der Waals surface area contributed by atoms with Crippen LogP contribution in [-0.4, -0.2) is 0 Å². The van der Waals surface area contributed by atoms with Gasteiger partial charge in [-0.2, -0.15) is 0 Å². The van der Waals surface area contributed by atoms with Crippen molar-refractivity contribution in [2.45, 2.75) is 13.3 Å². The van der Waals surface area contributed by atoms with Crippen LogP contribution in [0.5, 0.6) is 0 Å². The van der Waals surface area contributed by atoms with Gasteiger partial charge in [-0.25, -0.2) is 0 Å². The Morgan fingerprint density at radius 3 is 2.57 bits per heavy atom. The molecule has 0 radical (unpaired) electrons. The highest BCUT2D eigenvalue weighted by molar-refractivity contribution is 4.99. The summed E-state index contributed by atoms with van der Waals surface area (Å²) in [5.41, 5.74) is 3.91. The summed E-state index contributed by atoms with van der Waals surface area (Å²) in [7, 11) is 0. The summed E-state index contributed by atoms with van der Waals surface area (Å²) >= 11 is 0. The molecule has 0 rings (SSSR count). The summed E-state index contributed by atoms with van der Waals surface area (Å²) in [5, 5.41) is 0. The molecule has 0 aromatic heterocycles. The fourth-order valence-corrected chi connectivity index (χ4v) is 0.289. The Morgan fingerprint density at radius 2 is 2.43 bits per heavy atom. The molecule has 0 aliphatic heterocycles. The van der Waals surface area contributed by atoms with Crippen LogP contribution in [0.3, 0.4) is 0 Å². The molecule has 0 N–H and O–H groups in total. The highest BCUT2D eigenvalue weighted by Gasteiger charge is 1.75. The normalized spacial score (nSPS) is 7.00. The summed E-state index contributed by atoms with van der Waals surface area (Å²) in [6.07, 6.45) is 2.75. The second-order valence-electron chi connectivity index (χ2n) is 1.45. The molecule has 7 heavy (non-hydrogen) atoms. The predicted molar refractivity (Wildman–Crippen MR) is 33.1 cm³/mol. The van der Waals surface area contributed by atoms with E-state index in [-0.39, 0.29) is 0 Å². The van der Waals surface area contributed by atoms with E-state index < -0.39 is 0 Å². The highest BCUT2D eigenvalue weighted by atomic mass is 13.8. The van der Waals surface area contributed by atoms with Gasteiger partial charge in [0.25, 0.3) is 0 Å². The Kier molecular flexibility index (Phi) is 3.09. The van der Waals surface area contributed by atoms with E-state index in [9.17, 15) is 0 Å². The maximum absolute atomic E-state index is 3.56. The van der Waals surface area contributed by atoms with E-state index >= 15 is 0 Å². The van der Waals surface area contributed by atoms with Crippen LogP contribution in [-0.2, 0) is 0 Å². The Labute approximate surface area is 44.9 Å². The molecule has 0 aliphatic rings. The minimum Gasteiger partial charge on any atom is -0.130 e. The lowest BCUT2D eigenvalue weighted by Gasteiger charge is -1.83.